The molecule has 2 aliphatic rings. The molecule has 4 nitrogen and oxygen atoms in total. The van der Waals surface area contributed by atoms with Crippen molar-refractivity contribution in [2.75, 3.05) is 45.1 Å². The minimum Gasteiger partial charge on any atom is -0.399 e. The third kappa shape index (κ3) is 4.70. The molecule has 2 fully saturated rings. The zero-order valence-corrected chi connectivity index (χ0v) is 13.5. The highest BCUT2D eigenvalue weighted by Crippen LogP contribution is 2.17. The van der Waals surface area contributed by atoms with Gasteiger partial charge in [0.1, 0.15) is 0 Å². The Labute approximate surface area is 134 Å². The van der Waals surface area contributed by atoms with Crippen molar-refractivity contribution in [3.8, 4) is 0 Å². The van der Waals surface area contributed by atoms with Crippen LogP contribution in [0, 0.1) is 0 Å². The molecule has 1 aromatic rings. The molecule has 2 saturated heterocycles. The molecule has 0 atom stereocenters. The van der Waals surface area contributed by atoms with Gasteiger partial charge >= 0.3 is 0 Å². The van der Waals surface area contributed by atoms with Crippen molar-refractivity contribution in [1.82, 2.24) is 9.80 Å². The number of hydrogen-bond acceptors (Lipinski definition) is 4. The quantitative estimate of drug-likeness (QED) is 0.819. The lowest BCUT2D eigenvalue weighted by Crippen LogP contribution is -2.37. The third-order valence-corrected chi connectivity index (χ3v) is 4.85. The number of ether oxygens (including phenoxy) is 1. The number of nitrogens with two attached hydrogens (primary N) is 1. The van der Waals surface area contributed by atoms with Gasteiger partial charge in [0.25, 0.3) is 0 Å². The van der Waals surface area contributed by atoms with Gasteiger partial charge in [-0.15, -0.1) is 0 Å². The summed E-state index contributed by atoms with van der Waals surface area (Å²) in [5, 5.41) is 0. The molecular formula is C18H29N3O. The predicted molar refractivity (Wildman–Crippen MR) is 90.8 cm³/mol. The fourth-order valence-corrected chi connectivity index (χ4v) is 3.54. The molecule has 0 spiro atoms. The van der Waals surface area contributed by atoms with Crippen LogP contribution in [-0.4, -0.2) is 55.2 Å². The van der Waals surface area contributed by atoms with Gasteiger partial charge in [-0.2, -0.15) is 0 Å². The summed E-state index contributed by atoms with van der Waals surface area (Å²) in [6, 6.07) is 8.23. The van der Waals surface area contributed by atoms with E-state index in [-0.39, 0.29) is 0 Å². The summed E-state index contributed by atoms with van der Waals surface area (Å²) in [4.78, 5) is 5.03. The summed E-state index contributed by atoms with van der Waals surface area (Å²) in [5.74, 6) is 0. The fraction of sp³-hybridized carbons (Fsp3) is 0.667. The number of likely N-dealkylation sites (tertiary alicyclic amines) is 2. The Kier molecular flexibility index (Phi) is 5.70. The minimum atomic E-state index is 0.458. The van der Waals surface area contributed by atoms with E-state index >= 15 is 0 Å². The van der Waals surface area contributed by atoms with Gasteiger partial charge in [0.2, 0.25) is 0 Å². The zero-order chi connectivity index (χ0) is 15.2. The Morgan fingerprint density at radius 3 is 2.55 bits per heavy atom. The molecule has 0 radical (unpaired) electrons. The Morgan fingerprint density at radius 2 is 1.82 bits per heavy atom. The monoisotopic (exact) mass is 303 g/mol. The van der Waals surface area contributed by atoms with Crippen LogP contribution in [0.1, 0.15) is 31.2 Å². The second kappa shape index (κ2) is 7.95. The van der Waals surface area contributed by atoms with E-state index in [2.05, 4.69) is 21.9 Å². The highest BCUT2D eigenvalue weighted by atomic mass is 16.5. The summed E-state index contributed by atoms with van der Waals surface area (Å²) in [7, 11) is 0. The first-order chi connectivity index (χ1) is 10.8. The van der Waals surface area contributed by atoms with Crippen molar-refractivity contribution in [3.05, 3.63) is 29.8 Å². The molecule has 0 aromatic heterocycles. The van der Waals surface area contributed by atoms with Crippen molar-refractivity contribution in [2.24, 2.45) is 0 Å². The standard InChI is InChI=1S/C18H29N3O/c19-17-5-3-4-16(14-17)15-21-10-6-18(7-11-21)22-13-12-20-8-1-2-9-20/h3-5,14,18H,1-2,6-13,15,19H2. The van der Waals surface area contributed by atoms with Crippen molar-refractivity contribution in [2.45, 2.75) is 38.3 Å². The van der Waals surface area contributed by atoms with Crippen LogP contribution >= 0.6 is 0 Å². The molecule has 22 heavy (non-hydrogen) atoms. The van der Waals surface area contributed by atoms with E-state index in [1.165, 1.54) is 31.5 Å². The van der Waals surface area contributed by atoms with Gasteiger partial charge in [0, 0.05) is 31.9 Å². The van der Waals surface area contributed by atoms with Crippen LogP contribution in [0.3, 0.4) is 0 Å². The second-order valence-corrected chi connectivity index (χ2v) is 6.64. The van der Waals surface area contributed by atoms with Gasteiger partial charge in [-0.05, 0) is 56.5 Å². The highest BCUT2D eigenvalue weighted by molar-refractivity contribution is 5.40. The van der Waals surface area contributed by atoms with Gasteiger partial charge in [-0.3, -0.25) is 4.90 Å². The molecule has 0 aliphatic carbocycles. The number of benzene rings is 1. The Morgan fingerprint density at radius 1 is 1.05 bits per heavy atom. The molecule has 0 saturated carbocycles. The Hall–Kier alpha value is -1.10. The Balaban J connectivity index is 1.33. The summed E-state index contributed by atoms with van der Waals surface area (Å²) in [5.41, 5.74) is 8.02. The molecule has 4 heteroatoms. The number of anilines is 1. The van der Waals surface area contributed by atoms with Crippen LogP contribution in [0.15, 0.2) is 24.3 Å². The average Bonchev–Trinajstić information content (AvgIpc) is 3.02. The zero-order valence-electron chi connectivity index (χ0n) is 13.5. The first-order valence-corrected chi connectivity index (χ1v) is 8.70. The molecule has 122 valence electrons. The van der Waals surface area contributed by atoms with Gasteiger partial charge in [0.15, 0.2) is 0 Å². The second-order valence-electron chi connectivity index (χ2n) is 6.64. The van der Waals surface area contributed by atoms with Crippen molar-refractivity contribution in [3.63, 3.8) is 0 Å². The molecule has 0 amide bonds. The molecule has 2 aliphatic heterocycles. The van der Waals surface area contributed by atoms with Gasteiger partial charge in [0.05, 0.1) is 12.7 Å². The van der Waals surface area contributed by atoms with E-state index in [0.29, 0.717) is 6.10 Å². The maximum atomic E-state index is 6.07. The van der Waals surface area contributed by atoms with Crippen molar-refractivity contribution >= 4 is 5.69 Å². The van der Waals surface area contributed by atoms with Crippen molar-refractivity contribution in [1.29, 1.82) is 0 Å². The lowest BCUT2D eigenvalue weighted by atomic mass is 10.1. The fourth-order valence-electron chi connectivity index (χ4n) is 3.54. The summed E-state index contributed by atoms with van der Waals surface area (Å²) >= 11 is 0. The lowest BCUT2D eigenvalue weighted by Gasteiger charge is -2.32. The number of nitrogen functional groups attached to an aromatic ring is 1. The van der Waals surface area contributed by atoms with E-state index in [1.807, 2.05) is 12.1 Å². The van der Waals surface area contributed by atoms with Crippen LogP contribution < -0.4 is 5.73 Å². The lowest BCUT2D eigenvalue weighted by molar-refractivity contribution is -0.00115. The van der Waals surface area contributed by atoms with Gasteiger partial charge in [-0.25, -0.2) is 0 Å². The van der Waals surface area contributed by atoms with Crippen molar-refractivity contribution < 1.29 is 4.74 Å². The molecule has 0 unspecified atom stereocenters. The van der Waals surface area contributed by atoms with Crippen LogP contribution in [0.4, 0.5) is 5.69 Å². The van der Waals surface area contributed by atoms with E-state index in [9.17, 15) is 0 Å². The number of piperidine rings is 1. The molecular weight excluding hydrogens is 274 g/mol. The maximum Gasteiger partial charge on any atom is 0.0600 e. The average molecular weight is 303 g/mol. The number of rotatable bonds is 6. The highest BCUT2D eigenvalue weighted by Gasteiger charge is 2.20. The number of hydrogen-bond donors (Lipinski definition) is 1. The molecule has 2 N–H and O–H groups in total. The van der Waals surface area contributed by atoms with Crippen LogP contribution in [-0.2, 0) is 11.3 Å². The Bertz CT molecular complexity index is 451. The first-order valence-electron chi connectivity index (χ1n) is 8.70. The van der Waals surface area contributed by atoms with Crippen LogP contribution in [0.2, 0.25) is 0 Å². The van der Waals surface area contributed by atoms with E-state index in [0.717, 1.165) is 51.3 Å². The normalized spacial score (nSPS) is 21.5. The molecule has 2 heterocycles. The van der Waals surface area contributed by atoms with Gasteiger partial charge in [-0.1, -0.05) is 12.1 Å². The predicted octanol–water partition coefficient (Wildman–Crippen LogP) is 2.35. The molecule has 3 rings (SSSR count). The topological polar surface area (TPSA) is 41.7 Å². The number of nitrogens with zero attached hydrogens (tertiary/aromatic N) is 2. The molecule has 1 aromatic carbocycles. The van der Waals surface area contributed by atoms with Crippen LogP contribution in [0.5, 0.6) is 0 Å². The molecule has 0 bridgehead atoms. The van der Waals surface area contributed by atoms with E-state index < -0.39 is 0 Å². The van der Waals surface area contributed by atoms with Gasteiger partial charge < -0.3 is 15.4 Å². The summed E-state index contributed by atoms with van der Waals surface area (Å²) in [6.45, 7) is 7.81. The minimum absolute atomic E-state index is 0.458. The van der Waals surface area contributed by atoms with E-state index in [1.54, 1.807) is 0 Å². The van der Waals surface area contributed by atoms with E-state index in [4.69, 9.17) is 10.5 Å². The third-order valence-electron chi connectivity index (χ3n) is 4.85. The largest absolute Gasteiger partial charge is 0.399 e. The maximum absolute atomic E-state index is 6.07. The first kappa shape index (κ1) is 15.8. The summed E-state index contributed by atoms with van der Waals surface area (Å²) in [6.07, 6.45) is 5.50. The SMILES string of the molecule is Nc1cccc(CN2CCC(OCCN3CCCC3)CC2)c1. The summed E-state index contributed by atoms with van der Waals surface area (Å²) < 4.78 is 6.07. The smallest absolute Gasteiger partial charge is 0.0600 e. The van der Waals surface area contributed by atoms with Crippen LogP contribution in [0.25, 0.3) is 0 Å².